The summed E-state index contributed by atoms with van der Waals surface area (Å²) in [6, 6.07) is 14.9. The maximum absolute atomic E-state index is 12.3. The van der Waals surface area contributed by atoms with Gasteiger partial charge in [-0.05, 0) is 43.3 Å². The van der Waals surface area contributed by atoms with E-state index in [2.05, 4.69) is 26.2 Å². The lowest BCUT2D eigenvalue weighted by Gasteiger charge is -2.11. The predicted molar refractivity (Wildman–Crippen MR) is 93.1 cm³/mol. The van der Waals surface area contributed by atoms with E-state index in [0.29, 0.717) is 5.82 Å². The Bertz CT molecular complexity index is 841. The van der Waals surface area contributed by atoms with Crippen molar-refractivity contribution in [2.24, 2.45) is 0 Å². The van der Waals surface area contributed by atoms with E-state index < -0.39 is 6.10 Å². The van der Waals surface area contributed by atoms with Gasteiger partial charge in [0, 0.05) is 10.2 Å². The molecule has 1 amide bonds. The van der Waals surface area contributed by atoms with Crippen LogP contribution in [0.15, 0.2) is 53.0 Å². The minimum absolute atomic E-state index is 0.0941. The van der Waals surface area contributed by atoms with E-state index in [9.17, 15) is 9.90 Å². The normalized spacial score (nSPS) is 12.3. The van der Waals surface area contributed by atoms with Crippen molar-refractivity contribution < 1.29 is 9.90 Å². The maximum atomic E-state index is 12.3. The number of rotatable bonds is 4. The summed E-state index contributed by atoms with van der Waals surface area (Å²) in [5.74, 6) is 0.314. The molecule has 2 aromatic carbocycles. The third-order valence-corrected chi connectivity index (χ3v) is 4.02. The number of carbonyl (C=O) groups excluding carboxylic acids is 1. The Labute approximate surface area is 142 Å². The fourth-order valence-corrected chi connectivity index (χ4v) is 2.72. The van der Waals surface area contributed by atoms with Crippen molar-refractivity contribution in [1.82, 2.24) is 9.55 Å². The van der Waals surface area contributed by atoms with Crippen molar-refractivity contribution in [1.29, 1.82) is 0 Å². The number of aromatic nitrogens is 2. The van der Waals surface area contributed by atoms with E-state index in [1.54, 1.807) is 11.5 Å². The first-order valence-electron chi connectivity index (χ1n) is 7.23. The number of nitrogens with zero attached hydrogens (tertiary/aromatic N) is 2. The standard InChI is InChI=1S/C17H16BrN3O2/c1-11(22)17-20-14-4-2-3-5-15(14)21(17)10-16(23)19-13-8-6-12(18)7-9-13/h2-9,11,22H,10H2,1H3,(H,19,23). The van der Waals surface area contributed by atoms with Gasteiger partial charge in [-0.25, -0.2) is 4.98 Å². The lowest BCUT2D eigenvalue weighted by molar-refractivity contribution is -0.116. The van der Waals surface area contributed by atoms with Crippen LogP contribution in [0.2, 0.25) is 0 Å². The van der Waals surface area contributed by atoms with Gasteiger partial charge in [-0.1, -0.05) is 28.1 Å². The molecule has 0 spiro atoms. The highest BCUT2D eigenvalue weighted by molar-refractivity contribution is 9.10. The summed E-state index contributed by atoms with van der Waals surface area (Å²) in [6.45, 7) is 1.74. The van der Waals surface area contributed by atoms with Crippen LogP contribution in [0.5, 0.6) is 0 Å². The molecule has 23 heavy (non-hydrogen) atoms. The molecule has 0 aliphatic heterocycles. The van der Waals surface area contributed by atoms with Gasteiger partial charge >= 0.3 is 0 Å². The van der Waals surface area contributed by atoms with Gasteiger partial charge in [0.15, 0.2) is 0 Å². The molecular formula is C17H16BrN3O2. The molecule has 118 valence electrons. The second-order valence-corrected chi connectivity index (χ2v) is 6.19. The number of para-hydroxylation sites is 2. The van der Waals surface area contributed by atoms with Crippen LogP contribution in [-0.4, -0.2) is 20.6 Å². The number of benzene rings is 2. The number of aliphatic hydroxyl groups excluding tert-OH is 1. The van der Waals surface area contributed by atoms with Crippen LogP contribution in [0.1, 0.15) is 18.9 Å². The first-order valence-corrected chi connectivity index (χ1v) is 8.02. The van der Waals surface area contributed by atoms with Gasteiger partial charge in [-0.2, -0.15) is 0 Å². The molecule has 0 bridgehead atoms. The number of aliphatic hydroxyl groups is 1. The zero-order valence-corrected chi connectivity index (χ0v) is 14.1. The second-order valence-electron chi connectivity index (χ2n) is 5.28. The second kappa shape index (κ2) is 6.52. The predicted octanol–water partition coefficient (Wildman–Crippen LogP) is 3.49. The van der Waals surface area contributed by atoms with Gasteiger partial charge in [0.25, 0.3) is 0 Å². The lowest BCUT2D eigenvalue weighted by atomic mass is 10.3. The first kappa shape index (κ1) is 15.7. The number of hydrogen-bond acceptors (Lipinski definition) is 3. The number of nitrogens with one attached hydrogen (secondary N) is 1. The summed E-state index contributed by atoms with van der Waals surface area (Å²) in [6.07, 6.45) is -0.747. The highest BCUT2D eigenvalue weighted by Crippen LogP contribution is 2.21. The highest BCUT2D eigenvalue weighted by atomic mass is 79.9. The number of anilines is 1. The first-order chi connectivity index (χ1) is 11.0. The van der Waals surface area contributed by atoms with Crippen molar-refractivity contribution in [2.75, 3.05) is 5.32 Å². The maximum Gasteiger partial charge on any atom is 0.244 e. The minimum atomic E-state index is -0.747. The number of carbonyl (C=O) groups is 1. The molecule has 3 rings (SSSR count). The molecule has 6 heteroatoms. The highest BCUT2D eigenvalue weighted by Gasteiger charge is 2.16. The summed E-state index contributed by atoms with van der Waals surface area (Å²) in [7, 11) is 0. The summed E-state index contributed by atoms with van der Waals surface area (Å²) in [5.41, 5.74) is 2.32. The molecule has 1 atom stereocenters. The molecule has 3 aromatic rings. The van der Waals surface area contributed by atoms with Crippen LogP contribution < -0.4 is 5.32 Å². The van der Waals surface area contributed by atoms with Crippen LogP contribution in [0.25, 0.3) is 11.0 Å². The topological polar surface area (TPSA) is 67.2 Å². The van der Waals surface area contributed by atoms with Crippen LogP contribution in [0.4, 0.5) is 5.69 Å². The molecule has 1 heterocycles. The number of hydrogen-bond donors (Lipinski definition) is 2. The Morgan fingerprint density at radius 1 is 1.26 bits per heavy atom. The Kier molecular flexibility index (Phi) is 4.45. The van der Waals surface area contributed by atoms with Gasteiger partial charge in [0.2, 0.25) is 5.91 Å². The van der Waals surface area contributed by atoms with E-state index in [1.165, 1.54) is 0 Å². The minimum Gasteiger partial charge on any atom is -0.385 e. The molecule has 1 unspecified atom stereocenters. The van der Waals surface area contributed by atoms with Gasteiger partial charge in [-0.15, -0.1) is 0 Å². The molecule has 0 aliphatic rings. The lowest BCUT2D eigenvalue weighted by Crippen LogP contribution is -2.20. The quantitative estimate of drug-likeness (QED) is 0.735. The molecule has 0 radical (unpaired) electrons. The summed E-state index contributed by atoms with van der Waals surface area (Å²) >= 11 is 3.36. The Hall–Kier alpha value is -2.18. The summed E-state index contributed by atoms with van der Waals surface area (Å²) in [4.78, 5) is 16.7. The molecule has 1 aromatic heterocycles. The average molecular weight is 374 g/mol. The van der Waals surface area contributed by atoms with Gasteiger partial charge in [0.05, 0.1) is 11.0 Å². The van der Waals surface area contributed by atoms with Crippen LogP contribution >= 0.6 is 15.9 Å². The molecule has 0 saturated heterocycles. The monoisotopic (exact) mass is 373 g/mol. The number of halogens is 1. The van der Waals surface area contributed by atoms with Crippen molar-refractivity contribution in [3.05, 3.63) is 58.8 Å². The third kappa shape index (κ3) is 3.43. The SMILES string of the molecule is CC(O)c1nc2ccccc2n1CC(=O)Nc1ccc(Br)cc1. The zero-order valence-electron chi connectivity index (χ0n) is 12.5. The van der Waals surface area contributed by atoms with Crippen molar-refractivity contribution in [2.45, 2.75) is 19.6 Å². The van der Waals surface area contributed by atoms with E-state index in [-0.39, 0.29) is 12.5 Å². The fraction of sp³-hybridized carbons (Fsp3) is 0.176. The average Bonchev–Trinajstić information content (AvgIpc) is 2.89. The number of fused-ring (bicyclic) bond motifs is 1. The van der Waals surface area contributed by atoms with Gasteiger partial charge in [-0.3, -0.25) is 4.79 Å². The Morgan fingerprint density at radius 3 is 2.65 bits per heavy atom. The smallest absolute Gasteiger partial charge is 0.244 e. The van der Waals surface area contributed by atoms with Crippen LogP contribution in [0, 0.1) is 0 Å². The molecule has 0 aliphatic carbocycles. The number of amides is 1. The summed E-state index contributed by atoms with van der Waals surface area (Å²) in [5, 5.41) is 12.8. The Balaban J connectivity index is 1.86. The molecule has 0 saturated carbocycles. The summed E-state index contributed by atoms with van der Waals surface area (Å²) < 4.78 is 2.70. The van der Waals surface area contributed by atoms with Crippen LogP contribution in [-0.2, 0) is 11.3 Å². The number of imidazole rings is 1. The Morgan fingerprint density at radius 2 is 1.96 bits per heavy atom. The zero-order chi connectivity index (χ0) is 16.4. The van der Waals surface area contributed by atoms with Gasteiger partial charge < -0.3 is 15.0 Å². The molecule has 2 N–H and O–H groups in total. The van der Waals surface area contributed by atoms with Crippen LogP contribution in [0.3, 0.4) is 0 Å². The largest absolute Gasteiger partial charge is 0.385 e. The third-order valence-electron chi connectivity index (χ3n) is 3.49. The van der Waals surface area contributed by atoms with Crippen molar-refractivity contribution in [3.8, 4) is 0 Å². The molecular weight excluding hydrogens is 358 g/mol. The van der Waals surface area contributed by atoms with E-state index in [1.807, 2.05) is 48.5 Å². The van der Waals surface area contributed by atoms with Crippen molar-refractivity contribution >= 4 is 38.6 Å². The van der Waals surface area contributed by atoms with E-state index in [0.717, 1.165) is 21.2 Å². The molecule has 0 fully saturated rings. The van der Waals surface area contributed by atoms with E-state index >= 15 is 0 Å². The van der Waals surface area contributed by atoms with E-state index in [4.69, 9.17) is 0 Å². The van der Waals surface area contributed by atoms with Crippen molar-refractivity contribution in [3.63, 3.8) is 0 Å². The fourth-order valence-electron chi connectivity index (χ4n) is 2.46. The van der Waals surface area contributed by atoms with Gasteiger partial charge in [0.1, 0.15) is 18.5 Å². The molecule has 5 nitrogen and oxygen atoms in total.